The second-order valence-electron chi connectivity index (χ2n) is 4.62. The molecule has 0 heterocycles. The van der Waals surface area contributed by atoms with Crippen molar-refractivity contribution in [2.75, 3.05) is 0 Å². The molecule has 3 heteroatoms. The first kappa shape index (κ1) is 14.1. The lowest BCUT2D eigenvalue weighted by molar-refractivity contribution is 0.0940. The van der Waals surface area contributed by atoms with Gasteiger partial charge in [0.05, 0.1) is 6.04 Å². The Hall–Kier alpha value is -1.36. The van der Waals surface area contributed by atoms with E-state index < -0.39 is 0 Å². The zero-order chi connectivity index (χ0) is 13.8. The van der Waals surface area contributed by atoms with E-state index in [1.165, 1.54) is 5.56 Å². The lowest BCUT2D eigenvalue weighted by Gasteiger charge is -2.14. The molecule has 2 nitrogen and oxygen atoms in total. The van der Waals surface area contributed by atoms with Gasteiger partial charge in [0.25, 0.3) is 5.91 Å². The van der Waals surface area contributed by atoms with Crippen LogP contribution >= 0.6 is 22.6 Å². The Bertz CT molecular complexity index is 578. The number of benzene rings is 2. The van der Waals surface area contributed by atoms with Crippen LogP contribution < -0.4 is 5.32 Å². The lowest BCUT2D eigenvalue weighted by Crippen LogP contribution is -2.26. The second kappa shape index (κ2) is 6.19. The Labute approximate surface area is 127 Å². The number of amides is 1. The molecule has 0 spiro atoms. The number of carbonyl (C=O) groups is 1. The zero-order valence-electron chi connectivity index (χ0n) is 11.0. The van der Waals surface area contributed by atoms with Crippen LogP contribution in [0.3, 0.4) is 0 Å². The van der Waals surface area contributed by atoms with E-state index >= 15 is 0 Å². The number of rotatable bonds is 3. The van der Waals surface area contributed by atoms with E-state index in [2.05, 4.69) is 59.1 Å². The topological polar surface area (TPSA) is 29.1 Å². The third-order valence-corrected chi connectivity index (χ3v) is 3.68. The zero-order valence-corrected chi connectivity index (χ0v) is 13.1. The Morgan fingerprint density at radius 3 is 2.47 bits per heavy atom. The Morgan fingerprint density at radius 1 is 1.16 bits per heavy atom. The minimum atomic E-state index is -0.0356. The summed E-state index contributed by atoms with van der Waals surface area (Å²) in [6.45, 7) is 4.05. The minimum Gasteiger partial charge on any atom is -0.346 e. The summed E-state index contributed by atoms with van der Waals surface area (Å²) in [4.78, 5) is 12.1. The minimum absolute atomic E-state index is 0.00553. The molecule has 0 saturated heterocycles. The molecule has 0 saturated carbocycles. The van der Waals surface area contributed by atoms with Crippen LogP contribution in [-0.2, 0) is 0 Å². The van der Waals surface area contributed by atoms with Gasteiger partial charge < -0.3 is 5.32 Å². The molecule has 0 aliphatic heterocycles. The van der Waals surface area contributed by atoms with E-state index in [9.17, 15) is 4.79 Å². The van der Waals surface area contributed by atoms with Crippen LogP contribution in [0, 0.1) is 10.5 Å². The smallest absolute Gasteiger partial charge is 0.251 e. The summed E-state index contributed by atoms with van der Waals surface area (Å²) in [5.41, 5.74) is 3.04. The molecular formula is C16H16INO. The standard InChI is InChI=1S/C16H16INO/c1-11-6-8-13(9-7-11)12(2)18-16(19)14-4-3-5-15(17)10-14/h3-10,12H,1-2H3,(H,18,19)/t12-/m0/s1. The first-order chi connectivity index (χ1) is 9.06. The average molecular weight is 365 g/mol. The van der Waals surface area contributed by atoms with Crippen molar-refractivity contribution in [3.8, 4) is 0 Å². The first-order valence-corrected chi connectivity index (χ1v) is 7.27. The van der Waals surface area contributed by atoms with Crippen molar-refractivity contribution in [2.24, 2.45) is 0 Å². The molecule has 0 bridgehead atoms. The Balaban J connectivity index is 2.08. The molecule has 98 valence electrons. The molecule has 1 amide bonds. The number of carbonyl (C=O) groups excluding carboxylic acids is 1. The highest BCUT2D eigenvalue weighted by Crippen LogP contribution is 2.14. The van der Waals surface area contributed by atoms with Gasteiger partial charge in [0.1, 0.15) is 0 Å². The Kier molecular flexibility index (Phi) is 4.58. The summed E-state index contributed by atoms with van der Waals surface area (Å²) in [5, 5.41) is 3.02. The predicted molar refractivity (Wildman–Crippen MR) is 86.2 cm³/mol. The SMILES string of the molecule is Cc1ccc([C@H](C)NC(=O)c2cccc(I)c2)cc1. The van der Waals surface area contributed by atoms with E-state index in [-0.39, 0.29) is 11.9 Å². The van der Waals surface area contributed by atoms with Crippen molar-refractivity contribution in [1.29, 1.82) is 0 Å². The van der Waals surface area contributed by atoms with Crippen molar-refractivity contribution >= 4 is 28.5 Å². The van der Waals surface area contributed by atoms with Gasteiger partial charge >= 0.3 is 0 Å². The number of aryl methyl sites for hydroxylation is 1. The van der Waals surface area contributed by atoms with Crippen molar-refractivity contribution < 1.29 is 4.79 Å². The van der Waals surface area contributed by atoms with E-state index in [1.54, 1.807) is 0 Å². The molecule has 0 aliphatic rings. The molecule has 0 aliphatic carbocycles. The van der Waals surface area contributed by atoms with Gasteiger partial charge in [-0.15, -0.1) is 0 Å². The summed E-state index contributed by atoms with van der Waals surface area (Å²) in [6.07, 6.45) is 0. The predicted octanol–water partition coefficient (Wildman–Crippen LogP) is 4.09. The van der Waals surface area contributed by atoms with Gasteiger partial charge in [-0.2, -0.15) is 0 Å². The van der Waals surface area contributed by atoms with Crippen LogP contribution in [-0.4, -0.2) is 5.91 Å². The summed E-state index contributed by atoms with van der Waals surface area (Å²) >= 11 is 2.21. The molecule has 0 aromatic heterocycles. The number of hydrogen-bond acceptors (Lipinski definition) is 1. The van der Waals surface area contributed by atoms with Gasteiger partial charge in [-0.05, 0) is 60.2 Å². The number of halogens is 1. The third-order valence-electron chi connectivity index (χ3n) is 3.01. The van der Waals surface area contributed by atoms with E-state index in [0.717, 1.165) is 9.13 Å². The lowest BCUT2D eigenvalue weighted by atomic mass is 10.1. The molecule has 1 atom stereocenters. The largest absolute Gasteiger partial charge is 0.346 e. The van der Waals surface area contributed by atoms with Crippen molar-refractivity contribution in [3.05, 3.63) is 68.8 Å². The monoisotopic (exact) mass is 365 g/mol. The fourth-order valence-corrected chi connectivity index (χ4v) is 2.39. The van der Waals surface area contributed by atoms with Gasteiger partial charge in [0, 0.05) is 9.13 Å². The van der Waals surface area contributed by atoms with E-state index in [1.807, 2.05) is 31.2 Å². The first-order valence-electron chi connectivity index (χ1n) is 6.19. The quantitative estimate of drug-likeness (QED) is 0.816. The molecule has 2 aromatic rings. The van der Waals surface area contributed by atoms with Crippen LogP contribution in [0.5, 0.6) is 0 Å². The van der Waals surface area contributed by atoms with Gasteiger partial charge in [-0.3, -0.25) is 4.79 Å². The van der Waals surface area contributed by atoms with Gasteiger partial charge in [0.2, 0.25) is 0 Å². The molecular weight excluding hydrogens is 349 g/mol. The normalized spacial score (nSPS) is 11.9. The van der Waals surface area contributed by atoms with Crippen LogP contribution in [0.1, 0.15) is 34.5 Å². The number of hydrogen-bond donors (Lipinski definition) is 1. The highest BCUT2D eigenvalue weighted by molar-refractivity contribution is 14.1. The summed E-state index contributed by atoms with van der Waals surface area (Å²) < 4.78 is 1.06. The highest BCUT2D eigenvalue weighted by Gasteiger charge is 2.11. The Morgan fingerprint density at radius 2 is 1.84 bits per heavy atom. The molecule has 0 unspecified atom stereocenters. The van der Waals surface area contributed by atoms with Gasteiger partial charge in [0.15, 0.2) is 0 Å². The third kappa shape index (κ3) is 3.80. The summed E-state index contributed by atoms with van der Waals surface area (Å²) in [7, 11) is 0. The summed E-state index contributed by atoms with van der Waals surface area (Å²) in [5.74, 6) is -0.0356. The van der Waals surface area contributed by atoms with Crippen molar-refractivity contribution in [2.45, 2.75) is 19.9 Å². The maximum atomic E-state index is 12.1. The highest BCUT2D eigenvalue weighted by atomic mass is 127. The maximum absolute atomic E-state index is 12.1. The fourth-order valence-electron chi connectivity index (χ4n) is 1.85. The second-order valence-corrected chi connectivity index (χ2v) is 5.86. The molecule has 19 heavy (non-hydrogen) atoms. The van der Waals surface area contributed by atoms with Crippen LogP contribution in [0.15, 0.2) is 48.5 Å². The van der Waals surface area contributed by atoms with Crippen molar-refractivity contribution in [1.82, 2.24) is 5.32 Å². The molecule has 0 fully saturated rings. The van der Waals surface area contributed by atoms with Gasteiger partial charge in [-0.25, -0.2) is 0 Å². The van der Waals surface area contributed by atoms with Crippen LogP contribution in [0.2, 0.25) is 0 Å². The number of nitrogens with one attached hydrogen (secondary N) is 1. The molecule has 2 aromatic carbocycles. The molecule has 1 N–H and O–H groups in total. The molecule has 2 rings (SSSR count). The molecule has 0 radical (unpaired) electrons. The average Bonchev–Trinajstić information content (AvgIpc) is 2.39. The van der Waals surface area contributed by atoms with E-state index in [4.69, 9.17) is 0 Å². The van der Waals surface area contributed by atoms with Crippen LogP contribution in [0.4, 0.5) is 0 Å². The maximum Gasteiger partial charge on any atom is 0.251 e. The fraction of sp³-hybridized carbons (Fsp3) is 0.188. The van der Waals surface area contributed by atoms with E-state index in [0.29, 0.717) is 5.56 Å². The van der Waals surface area contributed by atoms with Crippen molar-refractivity contribution in [3.63, 3.8) is 0 Å². The van der Waals surface area contributed by atoms with Gasteiger partial charge in [-0.1, -0.05) is 35.9 Å². The van der Waals surface area contributed by atoms with Crippen LogP contribution in [0.25, 0.3) is 0 Å². The summed E-state index contributed by atoms with van der Waals surface area (Å²) in [6, 6.07) is 15.8.